The van der Waals surface area contributed by atoms with E-state index >= 15 is 0 Å². The van der Waals surface area contributed by atoms with Gasteiger partial charge in [0.15, 0.2) is 0 Å². The summed E-state index contributed by atoms with van der Waals surface area (Å²) in [4.78, 5) is 17.5. The summed E-state index contributed by atoms with van der Waals surface area (Å²) in [7, 11) is -3.25. The van der Waals surface area contributed by atoms with Gasteiger partial charge in [0.1, 0.15) is 0 Å². The van der Waals surface area contributed by atoms with Crippen LogP contribution in [0.2, 0.25) is 0 Å². The Morgan fingerprint density at radius 2 is 1.84 bits per heavy atom. The van der Waals surface area contributed by atoms with E-state index in [0.717, 1.165) is 38.8 Å². The Labute approximate surface area is 152 Å². The van der Waals surface area contributed by atoms with Crippen molar-refractivity contribution in [2.45, 2.75) is 51.6 Å². The molecule has 2 rings (SSSR count). The van der Waals surface area contributed by atoms with Crippen LogP contribution >= 0.6 is 0 Å². The first-order valence-electron chi connectivity index (χ1n) is 9.43. The lowest BCUT2D eigenvalue weighted by Crippen LogP contribution is -2.58. The number of hydrogen-bond donors (Lipinski definition) is 1. The number of nitrogens with one attached hydrogen (secondary N) is 1. The third-order valence-electron chi connectivity index (χ3n) is 5.30. The van der Waals surface area contributed by atoms with Gasteiger partial charge in [0.05, 0.1) is 25.5 Å². The molecule has 0 bridgehead atoms. The number of likely N-dealkylation sites (tertiary alicyclic amines) is 1. The summed E-state index contributed by atoms with van der Waals surface area (Å²) in [5, 5.41) is 0. The van der Waals surface area contributed by atoms with Crippen molar-refractivity contribution in [3.8, 4) is 0 Å². The van der Waals surface area contributed by atoms with Crippen molar-refractivity contribution >= 4 is 15.9 Å². The summed E-state index contributed by atoms with van der Waals surface area (Å²) >= 11 is 0. The van der Waals surface area contributed by atoms with Gasteiger partial charge in [-0.2, -0.15) is 0 Å². The molecule has 1 N–H and O–H groups in total. The highest BCUT2D eigenvalue weighted by molar-refractivity contribution is 7.88. The van der Waals surface area contributed by atoms with Gasteiger partial charge in [-0.15, -0.1) is 0 Å². The van der Waals surface area contributed by atoms with Crippen LogP contribution in [0.3, 0.4) is 0 Å². The molecule has 7 nitrogen and oxygen atoms in total. The van der Waals surface area contributed by atoms with Gasteiger partial charge < -0.3 is 9.64 Å². The monoisotopic (exact) mass is 375 g/mol. The van der Waals surface area contributed by atoms with Crippen LogP contribution in [0.1, 0.15) is 39.5 Å². The number of carbonyl (C=O) groups is 1. The summed E-state index contributed by atoms with van der Waals surface area (Å²) < 4.78 is 31.2. The van der Waals surface area contributed by atoms with E-state index in [1.54, 1.807) is 0 Å². The van der Waals surface area contributed by atoms with Crippen LogP contribution in [0.5, 0.6) is 0 Å². The Balaban J connectivity index is 2.11. The van der Waals surface area contributed by atoms with Crippen LogP contribution in [0, 0.1) is 5.92 Å². The average Bonchev–Trinajstić information content (AvgIpc) is 2.58. The van der Waals surface area contributed by atoms with Crippen molar-refractivity contribution < 1.29 is 17.9 Å². The van der Waals surface area contributed by atoms with Crippen molar-refractivity contribution in [3.05, 3.63) is 0 Å². The van der Waals surface area contributed by atoms with E-state index in [1.165, 1.54) is 6.26 Å². The lowest BCUT2D eigenvalue weighted by atomic mass is 9.90. The molecule has 1 amide bonds. The second-order valence-corrected chi connectivity index (χ2v) is 8.96. The third-order valence-corrected chi connectivity index (χ3v) is 6.06. The predicted octanol–water partition coefficient (Wildman–Crippen LogP) is 0.664. The molecule has 2 aliphatic heterocycles. The number of amides is 1. The van der Waals surface area contributed by atoms with Gasteiger partial charge in [-0.05, 0) is 18.8 Å². The van der Waals surface area contributed by atoms with E-state index < -0.39 is 10.0 Å². The topological polar surface area (TPSA) is 79.0 Å². The summed E-state index contributed by atoms with van der Waals surface area (Å²) in [5.74, 6) is 0.462. The number of nitrogens with zero attached hydrogens (tertiary/aromatic N) is 2. The number of hydrogen-bond acceptors (Lipinski definition) is 5. The fourth-order valence-corrected chi connectivity index (χ4v) is 4.81. The van der Waals surface area contributed by atoms with Crippen LogP contribution in [0.4, 0.5) is 0 Å². The molecule has 0 aliphatic carbocycles. The first kappa shape index (κ1) is 20.6. The number of rotatable bonds is 7. The summed E-state index contributed by atoms with van der Waals surface area (Å²) in [6.45, 7) is 8.36. The first-order chi connectivity index (χ1) is 11.9. The maximum absolute atomic E-state index is 13.3. The zero-order valence-electron chi connectivity index (χ0n) is 15.7. The Morgan fingerprint density at radius 1 is 1.20 bits per heavy atom. The Hall–Kier alpha value is -0.700. The van der Waals surface area contributed by atoms with Crippen LogP contribution in [0.25, 0.3) is 0 Å². The summed E-state index contributed by atoms with van der Waals surface area (Å²) in [6, 6.07) is -0.310. The Bertz CT molecular complexity index is 530. The minimum atomic E-state index is -3.25. The first-order valence-corrected chi connectivity index (χ1v) is 11.3. The molecule has 0 aromatic rings. The van der Waals surface area contributed by atoms with E-state index in [4.69, 9.17) is 4.74 Å². The molecule has 8 heteroatoms. The van der Waals surface area contributed by atoms with Gasteiger partial charge in [-0.1, -0.05) is 26.7 Å². The molecule has 0 spiro atoms. The normalized spacial score (nSPS) is 24.5. The minimum absolute atomic E-state index is 0.129. The van der Waals surface area contributed by atoms with Crippen molar-refractivity contribution in [1.29, 1.82) is 0 Å². The second kappa shape index (κ2) is 9.30. The molecule has 2 atom stereocenters. The van der Waals surface area contributed by atoms with E-state index in [9.17, 15) is 13.2 Å². The van der Waals surface area contributed by atoms with E-state index in [0.29, 0.717) is 32.2 Å². The standard InChI is InChI=1S/C17H33N3O4S/c1-4-14(5-2)16(19-9-11-24-12-10-19)17(21)20-8-6-7-15(13-20)18-25(3,22)23/h14-16,18H,4-13H2,1-3H3/t15-,16-/m1/s1. The maximum atomic E-state index is 13.3. The largest absolute Gasteiger partial charge is 0.379 e. The highest BCUT2D eigenvalue weighted by Crippen LogP contribution is 2.24. The van der Waals surface area contributed by atoms with Crippen LogP contribution < -0.4 is 4.72 Å². The molecule has 0 radical (unpaired) electrons. The number of sulfonamides is 1. The molecule has 0 aromatic heterocycles. The Morgan fingerprint density at radius 3 is 2.40 bits per heavy atom. The molecule has 2 saturated heterocycles. The SMILES string of the molecule is CCC(CC)[C@H](C(=O)N1CCC[C@@H](NS(C)(=O)=O)C1)N1CCOCC1. The summed E-state index contributed by atoms with van der Waals surface area (Å²) in [5.41, 5.74) is 0. The van der Waals surface area contributed by atoms with E-state index in [1.807, 2.05) is 4.90 Å². The summed E-state index contributed by atoms with van der Waals surface area (Å²) in [6.07, 6.45) is 4.71. The number of morpholine rings is 1. The van der Waals surface area contributed by atoms with Gasteiger partial charge in [-0.3, -0.25) is 9.69 Å². The van der Waals surface area contributed by atoms with Gasteiger partial charge in [-0.25, -0.2) is 13.1 Å². The second-order valence-electron chi connectivity index (χ2n) is 7.18. The number of ether oxygens (including phenoxy) is 1. The molecule has 0 saturated carbocycles. The van der Waals surface area contributed by atoms with Gasteiger partial charge in [0.2, 0.25) is 15.9 Å². The van der Waals surface area contributed by atoms with Gasteiger partial charge in [0, 0.05) is 32.2 Å². The zero-order valence-corrected chi connectivity index (χ0v) is 16.6. The molecule has 146 valence electrons. The number of carbonyl (C=O) groups excluding carboxylic acids is 1. The molecule has 0 aromatic carbocycles. The lowest BCUT2D eigenvalue weighted by Gasteiger charge is -2.42. The molecular weight excluding hydrogens is 342 g/mol. The smallest absolute Gasteiger partial charge is 0.240 e. The van der Waals surface area contributed by atoms with Gasteiger partial charge in [0.25, 0.3) is 0 Å². The van der Waals surface area contributed by atoms with Crippen molar-refractivity contribution in [2.24, 2.45) is 5.92 Å². The van der Waals surface area contributed by atoms with Gasteiger partial charge >= 0.3 is 0 Å². The van der Waals surface area contributed by atoms with Crippen LogP contribution in [-0.4, -0.2) is 81.9 Å². The minimum Gasteiger partial charge on any atom is -0.379 e. The predicted molar refractivity (Wildman–Crippen MR) is 97.8 cm³/mol. The molecule has 2 aliphatic rings. The molecule has 2 fully saturated rings. The zero-order chi connectivity index (χ0) is 18.4. The highest BCUT2D eigenvalue weighted by atomic mass is 32.2. The van der Waals surface area contributed by atoms with E-state index in [2.05, 4.69) is 23.5 Å². The highest BCUT2D eigenvalue weighted by Gasteiger charge is 2.37. The van der Waals surface area contributed by atoms with Crippen LogP contribution in [0.15, 0.2) is 0 Å². The fourth-order valence-electron chi connectivity index (χ4n) is 4.01. The molecule has 25 heavy (non-hydrogen) atoms. The van der Waals surface area contributed by atoms with Crippen molar-refractivity contribution in [1.82, 2.24) is 14.5 Å². The molecular formula is C17H33N3O4S. The van der Waals surface area contributed by atoms with Crippen molar-refractivity contribution in [3.63, 3.8) is 0 Å². The Kier molecular flexibility index (Phi) is 7.67. The third kappa shape index (κ3) is 5.91. The van der Waals surface area contributed by atoms with Crippen LogP contribution in [-0.2, 0) is 19.6 Å². The average molecular weight is 376 g/mol. The lowest BCUT2D eigenvalue weighted by molar-refractivity contribution is -0.142. The fraction of sp³-hybridized carbons (Fsp3) is 0.941. The maximum Gasteiger partial charge on any atom is 0.240 e. The number of piperidine rings is 1. The van der Waals surface area contributed by atoms with Crippen molar-refractivity contribution in [2.75, 3.05) is 45.6 Å². The molecule has 2 heterocycles. The molecule has 0 unspecified atom stereocenters. The van der Waals surface area contributed by atoms with E-state index in [-0.39, 0.29) is 18.0 Å². The quantitative estimate of drug-likeness (QED) is 0.707.